The van der Waals surface area contributed by atoms with Gasteiger partial charge in [-0.15, -0.1) is 4.20 Å². The molecule has 1 aromatic carbocycles. The van der Waals surface area contributed by atoms with E-state index in [0.717, 1.165) is 5.56 Å². The van der Waals surface area contributed by atoms with Gasteiger partial charge in [0.15, 0.2) is 0 Å². The molecule has 2 nitrogen and oxygen atoms in total. The number of hydrogen-bond acceptors (Lipinski definition) is 2. The molecule has 0 amide bonds. The van der Waals surface area contributed by atoms with Gasteiger partial charge in [0, 0.05) is 11.2 Å². The molecule has 0 heterocycles. The van der Waals surface area contributed by atoms with Crippen LogP contribution in [0.2, 0.25) is 0 Å². The predicted molar refractivity (Wildman–Crippen MR) is 46.4 cm³/mol. The Kier molecular flexibility index (Phi) is 2.76. The standard InChI is InChI=1S/C7H7ClFO2P/c1-6-2-4-7(5-3-6)11-12(8,9)10/h2-5H,1H3. The highest BCUT2D eigenvalue weighted by atomic mass is 35.7. The summed E-state index contributed by atoms with van der Waals surface area (Å²) in [6.07, 6.45) is 0. The summed E-state index contributed by atoms with van der Waals surface area (Å²) in [6.45, 7) is 1.87. The fourth-order valence-electron chi connectivity index (χ4n) is 0.722. The minimum atomic E-state index is -4.43. The van der Waals surface area contributed by atoms with E-state index in [1.54, 1.807) is 12.1 Å². The zero-order valence-corrected chi connectivity index (χ0v) is 7.98. The SMILES string of the molecule is Cc1ccc(OP(=O)(F)Cl)cc1. The first-order valence-corrected chi connectivity index (χ1v) is 5.65. The van der Waals surface area contributed by atoms with Crippen molar-refractivity contribution in [1.82, 2.24) is 0 Å². The molecule has 0 N–H and O–H groups in total. The number of rotatable bonds is 2. The molecule has 0 bridgehead atoms. The van der Waals surface area contributed by atoms with Crippen LogP contribution in [0, 0.1) is 6.92 Å². The highest BCUT2D eigenvalue weighted by Gasteiger charge is 2.18. The number of aryl methyl sites for hydroxylation is 1. The van der Waals surface area contributed by atoms with E-state index < -0.39 is 7.03 Å². The number of hydrogen-bond donors (Lipinski definition) is 0. The highest BCUT2D eigenvalue weighted by Crippen LogP contribution is 2.53. The zero-order valence-electron chi connectivity index (χ0n) is 6.33. The van der Waals surface area contributed by atoms with Crippen LogP contribution in [-0.4, -0.2) is 0 Å². The maximum absolute atomic E-state index is 12.3. The van der Waals surface area contributed by atoms with Gasteiger partial charge in [-0.1, -0.05) is 17.7 Å². The van der Waals surface area contributed by atoms with Crippen LogP contribution >= 0.6 is 18.3 Å². The van der Waals surface area contributed by atoms with Crippen LogP contribution in [0.15, 0.2) is 24.3 Å². The molecule has 1 aromatic rings. The van der Waals surface area contributed by atoms with E-state index in [9.17, 15) is 8.76 Å². The third kappa shape index (κ3) is 3.24. The Bertz CT molecular complexity index is 306. The largest absolute Gasteiger partial charge is 0.514 e. The van der Waals surface area contributed by atoms with Crippen LogP contribution in [-0.2, 0) is 4.57 Å². The van der Waals surface area contributed by atoms with Crippen molar-refractivity contribution in [3.63, 3.8) is 0 Å². The van der Waals surface area contributed by atoms with Gasteiger partial charge in [-0.3, -0.25) is 0 Å². The Morgan fingerprint density at radius 1 is 1.42 bits per heavy atom. The van der Waals surface area contributed by atoms with Gasteiger partial charge in [0.25, 0.3) is 0 Å². The first-order valence-electron chi connectivity index (χ1n) is 3.23. The zero-order chi connectivity index (χ0) is 9.19. The lowest BCUT2D eigenvalue weighted by Crippen LogP contribution is -1.81. The second-order valence-electron chi connectivity index (χ2n) is 2.32. The summed E-state index contributed by atoms with van der Waals surface area (Å²) in [7, 11) is -4.43. The van der Waals surface area contributed by atoms with E-state index in [-0.39, 0.29) is 5.75 Å². The molecular weight excluding hydrogens is 201 g/mol. The van der Waals surface area contributed by atoms with Crippen molar-refractivity contribution < 1.29 is 13.3 Å². The molecular formula is C7H7ClFO2P. The van der Waals surface area contributed by atoms with Crippen molar-refractivity contribution in [2.75, 3.05) is 0 Å². The lowest BCUT2D eigenvalue weighted by atomic mass is 10.2. The predicted octanol–water partition coefficient (Wildman–Crippen LogP) is 3.69. The molecule has 0 fully saturated rings. The summed E-state index contributed by atoms with van der Waals surface area (Å²) < 4.78 is 26.9. The quantitative estimate of drug-likeness (QED) is 0.693. The summed E-state index contributed by atoms with van der Waals surface area (Å²) in [5, 5.41) is 0. The second kappa shape index (κ2) is 3.46. The van der Waals surface area contributed by atoms with Crippen molar-refractivity contribution in [2.24, 2.45) is 0 Å². The highest BCUT2D eigenvalue weighted by molar-refractivity contribution is 7.81. The first-order chi connectivity index (χ1) is 5.47. The van der Waals surface area contributed by atoms with E-state index in [1.165, 1.54) is 12.1 Å². The Morgan fingerprint density at radius 3 is 2.33 bits per heavy atom. The van der Waals surface area contributed by atoms with Crippen LogP contribution in [0.25, 0.3) is 0 Å². The molecule has 0 saturated carbocycles. The number of halogens is 2. The molecule has 0 radical (unpaired) electrons. The van der Waals surface area contributed by atoms with Crippen molar-refractivity contribution >= 4 is 18.3 Å². The first kappa shape index (κ1) is 9.56. The van der Waals surface area contributed by atoms with Crippen LogP contribution in [0.3, 0.4) is 0 Å². The summed E-state index contributed by atoms with van der Waals surface area (Å²) in [5.41, 5.74) is 1.01. The Balaban J connectivity index is 2.78. The molecule has 0 spiro atoms. The van der Waals surface area contributed by atoms with E-state index in [1.807, 2.05) is 6.92 Å². The van der Waals surface area contributed by atoms with Gasteiger partial charge in [0.05, 0.1) is 0 Å². The van der Waals surface area contributed by atoms with Gasteiger partial charge in [-0.05, 0) is 19.1 Å². The fourth-order valence-corrected chi connectivity index (χ4v) is 1.33. The third-order valence-corrected chi connectivity index (χ3v) is 1.86. The van der Waals surface area contributed by atoms with Crippen LogP contribution in [0.5, 0.6) is 5.75 Å². The fraction of sp³-hybridized carbons (Fsp3) is 0.143. The third-order valence-electron chi connectivity index (χ3n) is 1.23. The molecule has 1 atom stereocenters. The van der Waals surface area contributed by atoms with E-state index in [0.29, 0.717) is 0 Å². The molecule has 1 unspecified atom stereocenters. The summed E-state index contributed by atoms with van der Waals surface area (Å²) in [4.78, 5) is 0. The van der Waals surface area contributed by atoms with E-state index >= 15 is 0 Å². The van der Waals surface area contributed by atoms with Crippen molar-refractivity contribution in [2.45, 2.75) is 6.92 Å². The minimum absolute atomic E-state index is 0.168. The molecule has 0 aromatic heterocycles. The minimum Gasteiger partial charge on any atom is -0.410 e. The smallest absolute Gasteiger partial charge is 0.410 e. The second-order valence-corrected chi connectivity index (χ2v) is 4.54. The van der Waals surface area contributed by atoms with Crippen LogP contribution < -0.4 is 4.52 Å². The Morgan fingerprint density at radius 2 is 1.92 bits per heavy atom. The maximum atomic E-state index is 12.3. The van der Waals surface area contributed by atoms with Gasteiger partial charge >= 0.3 is 7.03 Å². The maximum Gasteiger partial charge on any atom is 0.514 e. The lowest BCUT2D eigenvalue weighted by molar-refractivity contribution is 0.455. The van der Waals surface area contributed by atoms with Gasteiger partial charge in [-0.2, -0.15) is 0 Å². The van der Waals surface area contributed by atoms with Gasteiger partial charge in [0.2, 0.25) is 0 Å². The van der Waals surface area contributed by atoms with Crippen LogP contribution in [0.1, 0.15) is 5.56 Å². The van der Waals surface area contributed by atoms with Gasteiger partial charge in [0.1, 0.15) is 5.75 Å². The molecule has 5 heteroatoms. The normalized spacial score (nSPS) is 15.2. The molecule has 66 valence electrons. The van der Waals surface area contributed by atoms with Crippen molar-refractivity contribution in [1.29, 1.82) is 0 Å². The van der Waals surface area contributed by atoms with E-state index in [4.69, 9.17) is 11.2 Å². The number of benzene rings is 1. The summed E-state index contributed by atoms with van der Waals surface area (Å²) >= 11 is 4.77. The molecule has 0 aliphatic rings. The summed E-state index contributed by atoms with van der Waals surface area (Å²) in [5.74, 6) is 0.168. The van der Waals surface area contributed by atoms with Crippen molar-refractivity contribution in [3.05, 3.63) is 29.8 Å². The summed E-state index contributed by atoms with van der Waals surface area (Å²) in [6, 6.07) is 6.43. The van der Waals surface area contributed by atoms with Gasteiger partial charge < -0.3 is 4.52 Å². The Hall–Kier alpha value is -0.530. The monoisotopic (exact) mass is 208 g/mol. The van der Waals surface area contributed by atoms with E-state index in [2.05, 4.69) is 4.52 Å². The topological polar surface area (TPSA) is 26.3 Å². The molecule has 0 saturated heterocycles. The average Bonchev–Trinajstić information content (AvgIpc) is 1.91. The molecule has 0 aliphatic carbocycles. The van der Waals surface area contributed by atoms with Crippen molar-refractivity contribution in [3.8, 4) is 5.75 Å². The molecule has 0 aliphatic heterocycles. The average molecular weight is 209 g/mol. The van der Waals surface area contributed by atoms with Gasteiger partial charge in [-0.25, -0.2) is 4.57 Å². The Labute approximate surface area is 74.7 Å². The lowest BCUT2D eigenvalue weighted by Gasteiger charge is -2.03. The molecule has 12 heavy (non-hydrogen) atoms. The molecule has 1 rings (SSSR count). The van der Waals surface area contributed by atoms with Crippen LogP contribution in [0.4, 0.5) is 4.20 Å².